The van der Waals surface area contributed by atoms with Crippen molar-refractivity contribution in [3.05, 3.63) is 17.8 Å². The highest BCUT2D eigenvalue weighted by molar-refractivity contribution is 5.26. The summed E-state index contributed by atoms with van der Waals surface area (Å²) in [5.41, 5.74) is 0.723. The number of rotatable bonds is 6. The minimum atomic E-state index is -0.0419. The van der Waals surface area contributed by atoms with Gasteiger partial charge in [0.25, 0.3) is 5.88 Å². The van der Waals surface area contributed by atoms with Crippen LogP contribution in [0, 0.1) is 0 Å². The first-order valence-corrected chi connectivity index (χ1v) is 5.22. The quantitative estimate of drug-likeness (QED) is 0.491. The average molecular weight is 227 g/mol. The van der Waals surface area contributed by atoms with Crippen molar-refractivity contribution < 1.29 is 15.3 Å². The summed E-state index contributed by atoms with van der Waals surface area (Å²) in [6, 6.07) is 1.65. The highest BCUT2D eigenvalue weighted by atomic mass is 17.1. The topological polar surface area (TPSA) is 87.5 Å². The van der Waals surface area contributed by atoms with Gasteiger partial charge in [-0.3, -0.25) is 0 Å². The predicted octanol–water partition coefficient (Wildman–Crippen LogP) is 0.750. The molecule has 0 aromatic carbocycles. The first kappa shape index (κ1) is 12.8. The average Bonchev–Trinajstić information content (AvgIpc) is 2.35. The molecular weight excluding hydrogens is 210 g/mol. The fourth-order valence-electron chi connectivity index (χ4n) is 1.49. The summed E-state index contributed by atoms with van der Waals surface area (Å²) >= 11 is 0. The second-order valence-electron chi connectivity index (χ2n) is 3.59. The molecule has 0 aliphatic rings. The van der Waals surface area contributed by atoms with Gasteiger partial charge in [0, 0.05) is 17.6 Å². The van der Waals surface area contributed by atoms with E-state index < -0.39 is 0 Å². The van der Waals surface area contributed by atoms with E-state index in [0.29, 0.717) is 0 Å². The van der Waals surface area contributed by atoms with E-state index in [0.717, 1.165) is 12.0 Å². The zero-order valence-electron chi connectivity index (χ0n) is 9.42. The Morgan fingerprint density at radius 1 is 1.56 bits per heavy atom. The van der Waals surface area contributed by atoms with Crippen molar-refractivity contribution >= 4 is 0 Å². The lowest BCUT2D eigenvalue weighted by Gasteiger charge is -2.21. The molecule has 0 aliphatic heterocycles. The maximum absolute atomic E-state index is 8.98. The highest BCUT2D eigenvalue weighted by Gasteiger charge is 2.17. The third-order valence-corrected chi connectivity index (χ3v) is 2.35. The summed E-state index contributed by atoms with van der Waals surface area (Å²) < 4.78 is 0. The molecule has 0 amide bonds. The molecule has 1 heterocycles. The Labute approximate surface area is 94.2 Å². The molecule has 0 saturated carbocycles. The molecule has 0 radical (unpaired) electrons. The molecule has 16 heavy (non-hydrogen) atoms. The Morgan fingerprint density at radius 3 is 2.88 bits per heavy atom. The number of hydrogen-bond acceptors (Lipinski definition) is 6. The Morgan fingerprint density at radius 2 is 2.31 bits per heavy atom. The molecule has 3 N–H and O–H groups in total. The van der Waals surface area contributed by atoms with Gasteiger partial charge in [0.1, 0.15) is 0 Å². The monoisotopic (exact) mass is 227 g/mol. The lowest BCUT2D eigenvalue weighted by Crippen LogP contribution is -2.33. The fraction of sp³-hybridized carbons (Fsp3) is 0.600. The zero-order valence-corrected chi connectivity index (χ0v) is 9.42. The SMILES string of the molecule is CC[C@@H](NC(C)CO)c1ccnnc1OO. The Bertz CT molecular complexity index is 322. The molecule has 0 spiro atoms. The summed E-state index contributed by atoms with van der Waals surface area (Å²) in [6.07, 6.45) is 2.32. The van der Waals surface area contributed by atoms with E-state index >= 15 is 0 Å². The van der Waals surface area contributed by atoms with E-state index in [4.69, 9.17) is 10.4 Å². The van der Waals surface area contributed by atoms with Gasteiger partial charge in [-0.2, -0.15) is 5.10 Å². The van der Waals surface area contributed by atoms with Crippen LogP contribution in [-0.2, 0) is 0 Å². The molecule has 0 saturated heterocycles. The van der Waals surface area contributed by atoms with Crippen LogP contribution in [0.3, 0.4) is 0 Å². The van der Waals surface area contributed by atoms with Crippen LogP contribution in [0.2, 0.25) is 0 Å². The smallest absolute Gasteiger partial charge is 0.279 e. The standard InChI is InChI=1S/C10H17N3O3/c1-3-9(12-7(2)6-14)8-4-5-11-13-10(8)16-15/h4-5,7,9,12,14-15H,3,6H2,1-2H3/t7?,9-/m1/s1. The van der Waals surface area contributed by atoms with Gasteiger partial charge in [-0.25, -0.2) is 5.26 Å². The van der Waals surface area contributed by atoms with Crippen molar-refractivity contribution in [3.63, 3.8) is 0 Å². The molecule has 6 nitrogen and oxygen atoms in total. The lowest BCUT2D eigenvalue weighted by molar-refractivity contribution is -0.143. The number of aliphatic hydroxyl groups is 1. The zero-order chi connectivity index (χ0) is 12.0. The van der Waals surface area contributed by atoms with E-state index in [1.54, 1.807) is 6.07 Å². The van der Waals surface area contributed by atoms with Crippen molar-refractivity contribution in [2.75, 3.05) is 6.61 Å². The molecule has 0 bridgehead atoms. The van der Waals surface area contributed by atoms with Gasteiger partial charge in [0.05, 0.1) is 12.8 Å². The van der Waals surface area contributed by atoms with Crippen molar-refractivity contribution in [1.82, 2.24) is 15.5 Å². The van der Waals surface area contributed by atoms with Crippen molar-refractivity contribution in [3.8, 4) is 5.88 Å². The number of nitrogens with zero attached hydrogens (tertiary/aromatic N) is 2. The van der Waals surface area contributed by atoms with Crippen LogP contribution in [0.5, 0.6) is 5.88 Å². The number of aromatic nitrogens is 2. The maximum atomic E-state index is 8.98. The van der Waals surface area contributed by atoms with Gasteiger partial charge >= 0.3 is 0 Å². The molecule has 6 heteroatoms. The van der Waals surface area contributed by atoms with Gasteiger partial charge in [0.15, 0.2) is 0 Å². The molecule has 90 valence electrons. The summed E-state index contributed by atoms with van der Waals surface area (Å²) in [5.74, 6) is 0.0898. The largest absolute Gasteiger partial charge is 0.395 e. The van der Waals surface area contributed by atoms with Crippen LogP contribution in [-0.4, -0.2) is 33.2 Å². The molecular formula is C10H17N3O3. The van der Waals surface area contributed by atoms with Crippen LogP contribution in [0.1, 0.15) is 31.9 Å². The number of aliphatic hydroxyl groups excluding tert-OH is 1. The molecule has 0 aliphatic carbocycles. The van der Waals surface area contributed by atoms with Gasteiger partial charge < -0.3 is 15.3 Å². The van der Waals surface area contributed by atoms with Crippen LogP contribution < -0.4 is 10.2 Å². The van der Waals surface area contributed by atoms with Crippen LogP contribution in [0.15, 0.2) is 12.3 Å². The highest BCUT2D eigenvalue weighted by Crippen LogP contribution is 2.24. The van der Waals surface area contributed by atoms with Crippen molar-refractivity contribution in [1.29, 1.82) is 0 Å². The Hall–Kier alpha value is -1.24. The predicted molar refractivity (Wildman–Crippen MR) is 58.0 cm³/mol. The minimum Gasteiger partial charge on any atom is -0.395 e. The molecule has 1 rings (SSSR count). The van der Waals surface area contributed by atoms with Crippen molar-refractivity contribution in [2.24, 2.45) is 0 Å². The summed E-state index contributed by atoms with van der Waals surface area (Å²) in [7, 11) is 0. The van der Waals surface area contributed by atoms with E-state index in [1.807, 2.05) is 13.8 Å². The van der Waals surface area contributed by atoms with E-state index in [1.165, 1.54) is 6.20 Å². The van der Waals surface area contributed by atoms with Gasteiger partial charge in [-0.1, -0.05) is 6.92 Å². The van der Waals surface area contributed by atoms with Gasteiger partial charge in [-0.15, -0.1) is 5.10 Å². The van der Waals surface area contributed by atoms with E-state index in [-0.39, 0.29) is 24.6 Å². The second-order valence-corrected chi connectivity index (χ2v) is 3.59. The fourth-order valence-corrected chi connectivity index (χ4v) is 1.49. The van der Waals surface area contributed by atoms with Gasteiger partial charge in [-0.05, 0) is 19.4 Å². The Balaban J connectivity index is 2.85. The van der Waals surface area contributed by atoms with Crippen LogP contribution in [0.4, 0.5) is 0 Å². The first-order chi connectivity index (χ1) is 7.72. The first-order valence-electron chi connectivity index (χ1n) is 5.22. The third-order valence-electron chi connectivity index (χ3n) is 2.35. The molecule has 2 atom stereocenters. The lowest BCUT2D eigenvalue weighted by atomic mass is 10.1. The summed E-state index contributed by atoms with van der Waals surface area (Å²) in [5, 5.41) is 28.1. The normalized spacial score (nSPS) is 14.5. The third kappa shape index (κ3) is 3.13. The molecule has 1 aromatic heterocycles. The molecule has 0 fully saturated rings. The van der Waals surface area contributed by atoms with Crippen molar-refractivity contribution in [2.45, 2.75) is 32.4 Å². The minimum absolute atomic E-state index is 0.0374. The van der Waals surface area contributed by atoms with Crippen LogP contribution >= 0.6 is 0 Å². The molecule has 1 unspecified atom stereocenters. The Kier molecular flexibility index (Phi) is 5.10. The molecule has 1 aromatic rings. The van der Waals surface area contributed by atoms with Gasteiger partial charge in [0.2, 0.25) is 0 Å². The van der Waals surface area contributed by atoms with Crippen LogP contribution in [0.25, 0.3) is 0 Å². The van der Waals surface area contributed by atoms with E-state index in [2.05, 4.69) is 20.4 Å². The maximum Gasteiger partial charge on any atom is 0.279 e. The summed E-state index contributed by atoms with van der Waals surface area (Å²) in [6.45, 7) is 3.91. The van der Waals surface area contributed by atoms with E-state index in [9.17, 15) is 0 Å². The number of nitrogens with one attached hydrogen (secondary N) is 1. The number of hydrogen-bond donors (Lipinski definition) is 3. The summed E-state index contributed by atoms with van der Waals surface area (Å²) in [4.78, 5) is 4.17. The second kappa shape index (κ2) is 6.37.